The smallest absolute Gasteiger partial charge is 0.0792 e. The highest BCUT2D eigenvalue weighted by atomic mass is 16.5. The highest BCUT2D eigenvalue weighted by molar-refractivity contribution is 4.74. The van der Waals surface area contributed by atoms with E-state index in [9.17, 15) is 0 Å². The summed E-state index contributed by atoms with van der Waals surface area (Å²) in [5, 5.41) is 7.61. The number of rotatable bonds is 1. The van der Waals surface area contributed by atoms with Crippen LogP contribution in [0.15, 0.2) is 12.4 Å². The standard InChI is InChI=1S/C6H9N3O/c1-4-10-5-6(1)9-3-2-7-8-9/h2-3,6H,1,4-5H2/t6-/m1/s1. The lowest BCUT2D eigenvalue weighted by atomic mass is 10.3. The highest BCUT2D eigenvalue weighted by Crippen LogP contribution is 2.15. The van der Waals surface area contributed by atoms with Crippen molar-refractivity contribution in [2.75, 3.05) is 13.2 Å². The molecule has 4 heteroatoms. The first-order valence-electron chi connectivity index (χ1n) is 3.40. The van der Waals surface area contributed by atoms with Gasteiger partial charge in [0.25, 0.3) is 0 Å². The predicted octanol–water partition coefficient (Wildman–Crippen LogP) is 0.239. The summed E-state index contributed by atoms with van der Waals surface area (Å²) in [6.07, 6.45) is 4.63. The van der Waals surface area contributed by atoms with E-state index in [-0.39, 0.29) is 0 Å². The van der Waals surface area contributed by atoms with Gasteiger partial charge in [0, 0.05) is 12.8 Å². The summed E-state index contributed by atoms with van der Waals surface area (Å²) in [5.41, 5.74) is 0. The third-order valence-corrected chi connectivity index (χ3v) is 1.72. The van der Waals surface area contributed by atoms with Gasteiger partial charge in [0.05, 0.1) is 18.8 Å². The van der Waals surface area contributed by atoms with Gasteiger partial charge in [0.15, 0.2) is 0 Å². The van der Waals surface area contributed by atoms with Gasteiger partial charge in [-0.25, -0.2) is 4.68 Å². The van der Waals surface area contributed by atoms with E-state index in [0.717, 1.165) is 19.6 Å². The first-order chi connectivity index (χ1) is 4.97. The maximum absolute atomic E-state index is 5.19. The van der Waals surface area contributed by atoms with Gasteiger partial charge in [0.2, 0.25) is 0 Å². The van der Waals surface area contributed by atoms with E-state index in [1.54, 1.807) is 6.20 Å². The fourth-order valence-electron chi connectivity index (χ4n) is 1.14. The molecule has 1 aromatic heterocycles. The lowest BCUT2D eigenvalue weighted by molar-refractivity contribution is 0.184. The lowest BCUT2D eigenvalue weighted by Crippen LogP contribution is -2.08. The molecule has 0 aliphatic carbocycles. The molecule has 10 heavy (non-hydrogen) atoms. The molecule has 1 aliphatic rings. The highest BCUT2D eigenvalue weighted by Gasteiger charge is 2.17. The molecular weight excluding hydrogens is 130 g/mol. The van der Waals surface area contributed by atoms with Crippen LogP contribution in [0, 0.1) is 0 Å². The number of nitrogens with zero attached hydrogens (tertiary/aromatic N) is 3. The molecule has 0 amide bonds. The molecule has 0 spiro atoms. The van der Waals surface area contributed by atoms with Crippen molar-refractivity contribution in [3.8, 4) is 0 Å². The Bertz CT molecular complexity index is 191. The van der Waals surface area contributed by atoms with Gasteiger partial charge in [-0.05, 0) is 6.42 Å². The summed E-state index contributed by atoms with van der Waals surface area (Å²) >= 11 is 0. The van der Waals surface area contributed by atoms with Gasteiger partial charge in [-0.2, -0.15) is 0 Å². The Morgan fingerprint density at radius 1 is 1.60 bits per heavy atom. The molecule has 0 unspecified atom stereocenters. The van der Waals surface area contributed by atoms with Crippen molar-refractivity contribution in [1.82, 2.24) is 15.0 Å². The maximum atomic E-state index is 5.19. The molecule has 1 atom stereocenters. The van der Waals surface area contributed by atoms with Gasteiger partial charge in [-0.15, -0.1) is 5.10 Å². The van der Waals surface area contributed by atoms with Crippen LogP contribution in [0.4, 0.5) is 0 Å². The summed E-state index contributed by atoms with van der Waals surface area (Å²) in [7, 11) is 0. The minimum atomic E-state index is 0.419. The topological polar surface area (TPSA) is 39.9 Å². The van der Waals surface area contributed by atoms with Crippen molar-refractivity contribution in [3.05, 3.63) is 12.4 Å². The van der Waals surface area contributed by atoms with Crippen molar-refractivity contribution < 1.29 is 4.74 Å². The zero-order chi connectivity index (χ0) is 6.81. The second-order valence-corrected chi connectivity index (χ2v) is 2.40. The molecule has 2 heterocycles. The molecule has 1 saturated heterocycles. The van der Waals surface area contributed by atoms with Gasteiger partial charge >= 0.3 is 0 Å². The molecular formula is C6H9N3O. The Balaban J connectivity index is 2.12. The monoisotopic (exact) mass is 139 g/mol. The van der Waals surface area contributed by atoms with Gasteiger partial charge in [-0.1, -0.05) is 5.21 Å². The summed E-state index contributed by atoms with van der Waals surface area (Å²) in [6.45, 7) is 1.63. The van der Waals surface area contributed by atoms with Crippen LogP contribution >= 0.6 is 0 Å². The second kappa shape index (κ2) is 2.38. The SMILES string of the molecule is c1cn([C@@H]2CCOC2)nn1. The number of aromatic nitrogens is 3. The van der Waals surface area contributed by atoms with E-state index in [1.165, 1.54) is 0 Å². The van der Waals surface area contributed by atoms with E-state index in [4.69, 9.17) is 4.74 Å². The summed E-state index contributed by atoms with van der Waals surface area (Å²) < 4.78 is 7.05. The molecule has 54 valence electrons. The third kappa shape index (κ3) is 0.903. The van der Waals surface area contributed by atoms with Crippen molar-refractivity contribution in [1.29, 1.82) is 0 Å². The van der Waals surface area contributed by atoms with Crippen molar-refractivity contribution in [2.45, 2.75) is 12.5 Å². The number of ether oxygens (including phenoxy) is 1. The molecule has 0 saturated carbocycles. The fourth-order valence-corrected chi connectivity index (χ4v) is 1.14. The molecule has 1 fully saturated rings. The largest absolute Gasteiger partial charge is 0.379 e. The van der Waals surface area contributed by atoms with Crippen LogP contribution in [0.25, 0.3) is 0 Å². The minimum Gasteiger partial charge on any atom is -0.379 e. The van der Waals surface area contributed by atoms with Crippen LogP contribution in [0.5, 0.6) is 0 Å². The Labute approximate surface area is 58.8 Å². The Morgan fingerprint density at radius 3 is 3.20 bits per heavy atom. The van der Waals surface area contributed by atoms with E-state index in [0.29, 0.717) is 6.04 Å². The molecule has 0 radical (unpaired) electrons. The lowest BCUT2D eigenvalue weighted by Gasteiger charge is -2.04. The molecule has 0 bridgehead atoms. The summed E-state index contributed by atoms with van der Waals surface area (Å²) in [5.74, 6) is 0. The van der Waals surface area contributed by atoms with E-state index >= 15 is 0 Å². The van der Waals surface area contributed by atoms with Gasteiger partial charge in [-0.3, -0.25) is 0 Å². The molecule has 0 N–H and O–H groups in total. The van der Waals surface area contributed by atoms with E-state index in [1.807, 2.05) is 10.9 Å². The van der Waals surface area contributed by atoms with E-state index < -0.39 is 0 Å². The van der Waals surface area contributed by atoms with Crippen LogP contribution < -0.4 is 0 Å². The molecule has 1 aliphatic heterocycles. The quantitative estimate of drug-likeness (QED) is 0.559. The van der Waals surface area contributed by atoms with Crippen LogP contribution in [0.1, 0.15) is 12.5 Å². The maximum Gasteiger partial charge on any atom is 0.0792 e. The average molecular weight is 139 g/mol. The number of hydrogen-bond donors (Lipinski definition) is 0. The molecule has 1 aromatic rings. The third-order valence-electron chi connectivity index (χ3n) is 1.72. The Kier molecular flexibility index (Phi) is 1.39. The van der Waals surface area contributed by atoms with Crippen LogP contribution in [0.3, 0.4) is 0 Å². The van der Waals surface area contributed by atoms with Crippen LogP contribution in [-0.4, -0.2) is 28.2 Å². The molecule has 2 rings (SSSR count). The Morgan fingerprint density at radius 2 is 2.60 bits per heavy atom. The second-order valence-electron chi connectivity index (χ2n) is 2.40. The van der Waals surface area contributed by atoms with Gasteiger partial charge < -0.3 is 4.74 Å². The van der Waals surface area contributed by atoms with Crippen molar-refractivity contribution >= 4 is 0 Å². The molecule has 4 nitrogen and oxygen atoms in total. The summed E-state index contributed by atoms with van der Waals surface area (Å²) in [6, 6.07) is 0.419. The predicted molar refractivity (Wildman–Crippen MR) is 34.5 cm³/mol. The minimum absolute atomic E-state index is 0.419. The zero-order valence-corrected chi connectivity index (χ0v) is 5.60. The van der Waals surface area contributed by atoms with Crippen LogP contribution in [0.2, 0.25) is 0 Å². The van der Waals surface area contributed by atoms with E-state index in [2.05, 4.69) is 10.3 Å². The van der Waals surface area contributed by atoms with Crippen molar-refractivity contribution in [3.63, 3.8) is 0 Å². The van der Waals surface area contributed by atoms with Crippen molar-refractivity contribution in [2.24, 2.45) is 0 Å². The average Bonchev–Trinajstić information content (AvgIpc) is 2.59. The first-order valence-corrected chi connectivity index (χ1v) is 3.40. The summed E-state index contributed by atoms with van der Waals surface area (Å²) in [4.78, 5) is 0. The van der Waals surface area contributed by atoms with Gasteiger partial charge in [0.1, 0.15) is 0 Å². The number of hydrogen-bond acceptors (Lipinski definition) is 3. The first kappa shape index (κ1) is 5.85. The fraction of sp³-hybridized carbons (Fsp3) is 0.667. The zero-order valence-electron chi connectivity index (χ0n) is 5.60. The Hall–Kier alpha value is -0.900. The normalized spacial score (nSPS) is 25.4. The van der Waals surface area contributed by atoms with Crippen LogP contribution in [-0.2, 0) is 4.74 Å². The molecule has 0 aromatic carbocycles.